The Bertz CT molecular complexity index is 844. The number of hydrogen-bond acceptors (Lipinski definition) is 5. The van der Waals surface area contributed by atoms with E-state index in [4.69, 9.17) is 11.6 Å². The van der Waals surface area contributed by atoms with E-state index in [1.165, 1.54) is 12.1 Å². The zero-order valence-electron chi connectivity index (χ0n) is 17.3. The standard InChI is InChI=1S/C22H26ClF2N3O3/c1-26(17-4-2-16(23)3-5-17)21(30)14-19(15-29)28-12-10-27(11-13-28)18-6-8-20(9-7-18)31-22(24)25/h2-9,19,22,29H,10-15H2,1H3. The van der Waals surface area contributed by atoms with Crippen molar-refractivity contribution in [2.45, 2.75) is 19.1 Å². The van der Waals surface area contributed by atoms with E-state index in [-0.39, 0.29) is 30.7 Å². The fourth-order valence-corrected chi connectivity index (χ4v) is 3.77. The number of anilines is 2. The fraction of sp³-hybridized carbons (Fsp3) is 0.409. The van der Waals surface area contributed by atoms with Gasteiger partial charge in [0, 0.05) is 62.1 Å². The van der Waals surface area contributed by atoms with Gasteiger partial charge in [0.15, 0.2) is 0 Å². The number of benzene rings is 2. The van der Waals surface area contributed by atoms with Crippen LogP contribution in [0.5, 0.6) is 5.75 Å². The summed E-state index contributed by atoms with van der Waals surface area (Å²) in [4.78, 5) is 18.5. The summed E-state index contributed by atoms with van der Waals surface area (Å²) in [5.41, 5.74) is 1.66. The molecule has 1 fully saturated rings. The van der Waals surface area contributed by atoms with Crippen LogP contribution in [0.1, 0.15) is 6.42 Å². The Morgan fingerprint density at radius 3 is 2.26 bits per heavy atom. The molecule has 1 N–H and O–H groups in total. The van der Waals surface area contributed by atoms with Crippen molar-refractivity contribution in [1.82, 2.24) is 4.90 Å². The molecule has 0 saturated carbocycles. The zero-order valence-corrected chi connectivity index (χ0v) is 18.0. The smallest absolute Gasteiger partial charge is 0.387 e. The van der Waals surface area contributed by atoms with E-state index in [1.54, 1.807) is 48.3 Å². The van der Waals surface area contributed by atoms with Crippen LogP contribution in [-0.2, 0) is 4.79 Å². The van der Waals surface area contributed by atoms with Crippen LogP contribution in [0.25, 0.3) is 0 Å². The lowest BCUT2D eigenvalue weighted by Gasteiger charge is -2.39. The van der Waals surface area contributed by atoms with Crippen molar-refractivity contribution in [2.24, 2.45) is 0 Å². The largest absolute Gasteiger partial charge is 0.435 e. The van der Waals surface area contributed by atoms with E-state index in [0.717, 1.165) is 11.4 Å². The quantitative estimate of drug-likeness (QED) is 0.663. The first-order valence-electron chi connectivity index (χ1n) is 10.0. The summed E-state index contributed by atoms with van der Waals surface area (Å²) in [6.45, 7) is -0.192. The van der Waals surface area contributed by atoms with Gasteiger partial charge < -0.3 is 19.6 Å². The second-order valence-electron chi connectivity index (χ2n) is 7.37. The number of rotatable bonds is 8. The molecule has 1 heterocycles. The maximum atomic E-state index is 12.7. The molecule has 1 saturated heterocycles. The van der Waals surface area contributed by atoms with Crippen molar-refractivity contribution in [2.75, 3.05) is 49.6 Å². The number of aliphatic hydroxyl groups is 1. The first-order valence-corrected chi connectivity index (χ1v) is 10.4. The monoisotopic (exact) mass is 453 g/mol. The molecular formula is C22H26ClF2N3O3. The first kappa shape index (κ1) is 23.2. The minimum Gasteiger partial charge on any atom is -0.435 e. The molecular weight excluding hydrogens is 428 g/mol. The lowest BCUT2D eigenvalue weighted by atomic mass is 10.1. The molecule has 2 aromatic rings. The van der Waals surface area contributed by atoms with Gasteiger partial charge in [0.05, 0.1) is 6.61 Å². The third kappa shape index (κ3) is 6.29. The average molecular weight is 454 g/mol. The van der Waals surface area contributed by atoms with Crippen LogP contribution >= 0.6 is 11.6 Å². The molecule has 0 radical (unpaired) electrons. The number of aliphatic hydroxyl groups excluding tert-OH is 1. The van der Waals surface area contributed by atoms with Gasteiger partial charge in [-0.1, -0.05) is 11.6 Å². The summed E-state index contributed by atoms with van der Waals surface area (Å²) in [7, 11) is 1.71. The van der Waals surface area contributed by atoms with Crippen LogP contribution in [0.3, 0.4) is 0 Å². The number of carbonyl (C=O) groups excluding carboxylic acids is 1. The van der Waals surface area contributed by atoms with Crippen LogP contribution in [0.2, 0.25) is 5.02 Å². The molecule has 1 atom stereocenters. The molecule has 1 amide bonds. The SMILES string of the molecule is CN(C(=O)CC(CO)N1CCN(c2ccc(OC(F)F)cc2)CC1)c1ccc(Cl)cc1. The second kappa shape index (κ2) is 10.7. The molecule has 0 bridgehead atoms. The Balaban J connectivity index is 1.53. The minimum atomic E-state index is -2.84. The number of halogens is 3. The van der Waals surface area contributed by atoms with E-state index >= 15 is 0 Å². The average Bonchev–Trinajstić information content (AvgIpc) is 2.77. The van der Waals surface area contributed by atoms with Crippen LogP contribution in [0, 0.1) is 0 Å². The lowest BCUT2D eigenvalue weighted by Crippen LogP contribution is -2.52. The van der Waals surface area contributed by atoms with E-state index in [1.807, 2.05) is 0 Å². The fourth-order valence-electron chi connectivity index (χ4n) is 3.64. The summed E-state index contributed by atoms with van der Waals surface area (Å²) in [5, 5.41) is 10.5. The second-order valence-corrected chi connectivity index (χ2v) is 7.80. The summed E-state index contributed by atoms with van der Waals surface area (Å²) in [5.74, 6) is 0.0412. The predicted octanol–water partition coefficient (Wildman–Crippen LogP) is 3.48. The number of amides is 1. The van der Waals surface area contributed by atoms with E-state index in [9.17, 15) is 18.7 Å². The number of alkyl halides is 2. The Hall–Kier alpha value is -2.42. The highest BCUT2D eigenvalue weighted by molar-refractivity contribution is 6.30. The van der Waals surface area contributed by atoms with E-state index < -0.39 is 6.61 Å². The van der Waals surface area contributed by atoms with Crippen LogP contribution in [-0.4, -0.2) is 68.4 Å². The molecule has 1 unspecified atom stereocenters. The van der Waals surface area contributed by atoms with Crippen molar-refractivity contribution in [1.29, 1.82) is 0 Å². The molecule has 3 rings (SSSR count). The number of ether oxygens (including phenoxy) is 1. The number of hydrogen-bond donors (Lipinski definition) is 1. The summed E-state index contributed by atoms with van der Waals surface area (Å²) in [6, 6.07) is 13.3. The van der Waals surface area contributed by atoms with E-state index in [2.05, 4.69) is 14.5 Å². The van der Waals surface area contributed by atoms with Crippen LogP contribution in [0.4, 0.5) is 20.2 Å². The van der Waals surface area contributed by atoms with Gasteiger partial charge >= 0.3 is 6.61 Å². The van der Waals surface area contributed by atoms with Crippen molar-refractivity contribution < 1.29 is 23.4 Å². The highest BCUT2D eigenvalue weighted by atomic mass is 35.5. The number of nitrogens with zero attached hydrogens (tertiary/aromatic N) is 3. The Kier molecular flexibility index (Phi) is 8.06. The molecule has 9 heteroatoms. The molecule has 0 spiro atoms. The molecule has 168 valence electrons. The van der Waals surface area contributed by atoms with Gasteiger partial charge in [0.1, 0.15) is 5.75 Å². The van der Waals surface area contributed by atoms with E-state index in [0.29, 0.717) is 31.2 Å². The Morgan fingerprint density at radius 1 is 1.10 bits per heavy atom. The van der Waals surface area contributed by atoms with Gasteiger partial charge in [0.2, 0.25) is 5.91 Å². The van der Waals surface area contributed by atoms with Crippen molar-refractivity contribution >= 4 is 28.9 Å². The minimum absolute atomic E-state index is 0.0848. The molecule has 2 aromatic carbocycles. The topological polar surface area (TPSA) is 56.3 Å². The van der Waals surface area contributed by atoms with Gasteiger partial charge in [-0.05, 0) is 48.5 Å². The highest BCUT2D eigenvalue weighted by Crippen LogP contribution is 2.23. The summed E-state index contributed by atoms with van der Waals surface area (Å²) < 4.78 is 29.0. The highest BCUT2D eigenvalue weighted by Gasteiger charge is 2.27. The number of carbonyl (C=O) groups is 1. The van der Waals surface area contributed by atoms with Gasteiger partial charge in [-0.3, -0.25) is 9.69 Å². The van der Waals surface area contributed by atoms with Gasteiger partial charge in [-0.25, -0.2) is 0 Å². The molecule has 0 aromatic heterocycles. The third-order valence-corrected chi connectivity index (χ3v) is 5.72. The molecule has 31 heavy (non-hydrogen) atoms. The summed E-state index contributed by atoms with van der Waals surface area (Å²) in [6.07, 6.45) is 0.204. The van der Waals surface area contributed by atoms with Crippen LogP contribution in [0.15, 0.2) is 48.5 Å². The Labute approximate surface area is 185 Å². The maximum Gasteiger partial charge on any atom is 0.387 e. The van der Waals surface area contributed by atoms with Crippen molar-refractivity contribution in [3.8, 4) is 5.75 Å². The van der Waals surface area contributed by atoms with Gasteiger partial charge in [0.25, 0.3) is 0 Å². The molecule has 1 aliphatic rings. The number of piperazine rings is 1. The third-order valence-electron chi connectivity index (χ3n) is 5.47. The molecule has 0 aliphatic carbocycles. The Morgan fingerprint density at radius 2 is 1.71 bits per heavy atom. The molecule has 1 aliphatic heterocycles. The van der Waals surface area contributed by atoms with Crippen molar-refractivity contribution in [3.63, 3.8) is 0 Å². The summed E-state index contributed by atoms with van der Waals surface area (Å²) >= 11 is 5.90. The van der Waals surface area contributed by atoms with Gasteiger partial charge in [-0.2, -0.15) is 8.78 Å². The van der Waals surface area contributed by atoms with Crippen LogP contribution < -0.4 is 14.5 Å². The van der Waals surface area contributed by atoms with Crippen molar-refractivity contribution in [3.05, 3.63) is 53.6 Å². The maximum absolute atomic E-state index is 12.7. The molecule has 6 nitrogen and oxygen atoms in total. The zero-order chi connectivity index (χ0) is 22.4. The van der Waals surface area contributed by atoms with Gasteiger partial charge in [-0.15, -0.1) is 0 Å². The normalized spacial score (nSPS) is 15.7. The lowest BCUT2D eigenvalue weighted by molar-refractivity contribution is -0.120. The first-order chi connectivity index (χ1) is 14.9. The predicted molar refractivity (Wildman–Crippen MR) is 117 cm³/mol.